The molecule has 0 aliphatic heterocycles. The van der Waals surface area contributed by atoms with Crippen molar-refractivity contribution in [3.8, 4) is 0 Å². The molecule has 0 aromatic heterocycles. The van der Waals surface area contributed by atoms with Crippen LogP contribution in [0.3, 0.4) is 0 Å². The molecule has 0 heterocycles. The zero-order chi connectivity index (χ0) is 16.7. The summed E-state index contributed by atoms with van der Waals surface area (Å²) in [5.41, 5.74) is 0.560. The van der Waals surface area contributed by atoms with Crippen molar-refractivity contribution in [1.29, 1.82) is 0 Å². The van der Waals surface area contributed by atoms with E-state index in [1.807, 2.05) is 43.3 Å². The lowest BCUT2D eigenvalue weighted by atomic mass is 10.00. The number of benzene rings is 2. The first-order chi connectivity index (χ1) is 11.1. The van der Waals surface area contributed by atoms with Gasteiger partial charge >= 0.3 is 0 Å². The van der Waals surface area contributed by atoms with Crippen molar-refractivity contribution < 1.29 is 14.7 Å². The van der Waals surface area contributed by atoms with Crippen LogP contribution >= 0.6 is 0 Å². The van der Waals surface area contributed by atoms with E-state index in [1.165, 1.54) is 0 Å². The minimum atomic E-state index is -0.549. The molecule has 2 N–H and O–H groups in total. The van der Waals surface area contributed by atoms with Crippen LogP contribution in [0.2, 0.25) is 0 Å². The molecule has 0 saturated carbocycles. The smallest absolute Gasteiger partial charge is 0.227 e. The summed E-state index contributed by atoms with van der Waals surface area (Å²) < 4.78 is 0. The van der Waals surface area contributed by atoms with E-state index in [4.69, 9.17) is 0 Å². The summed E-state index contributed by atoms with van der Waals surface area (Å²) in [4.78, 5) is 24.3. The van der Waals surface area contributed by atoms with Gasteiger partial charge in [0, 0.05) is 12.1 Å². The minimum absolute atomic E-state index is 0.196. The number of hydrogen-bond donors (Lipinski definition) is 2. The highest BCUT2D eigenvalue weighted by atomic mass is 16.3. The lowest BCUT2D eigenvalue weighted by Crippen LogP contribution is -2.33. The summed E-state index contributed by atoms with van der Waals surface area (Å²) >= 11 is 0. The first-order valence-corrected chi connectivity index (χ1v) is 8.07. The summed E-state index contributed by atoms with van der Waals surface area (Å²) in [6.45, 7) is 2.25. The number of hydrogen-bond acceptors (Lipinski definition) is 3. The van der Waals surface area contributed by atoms with Gasteiger partial charge in [0.2, 0.25) is 5.91 Å². The number of carbonyl (C=O) groups excluding carboxylic acids is 2. The number of ketones is 1. The topological polar surface area (TPSA) is 66.4 Å². The Kier molecular flexibility index (Phi) is 6.29. The first-order valence-electron chi connectivity index (χ1n) is 8.07. The second-order valence-electron chi connectivity index (χ2n) is 5.73. The molecule has 4 heteroatoms. The van der Waals surface area contributed by atoms with Gasteiger partial charge in [-0.1, -0.05) is 62.2 Å². The molecule has 0 aliphatic rings. The number of carbonyl (C=O) groups is 2. The minimum Gasteiger partial charge on any atom is -0.391 e. The van der Waals surface area contributed by atoms with Crippen LogP contribution in [0.15, 0.2) is 42.5 Å². The fourth-order valence-electron chi connectivity index (χ4n) is 2.55. The molecule has 1 amide bonds. The van der Waals surface area contributed by atoms with Crippen molar-refractivity contribution in [2.45, 2.75) is 38.7 Å². The molecule has 0 spiro atoms. The van der Waals surface area contributed by atoms with Gasteiger partial charge in [0.15, 0.2) is 5.78 Å². The van der Waals surface area contributed by atoms with E-state index < -0.39 is 6.10 Å². The van der Waals surface area contributed by atoms with Gasteiger partial charge in [0.25, 0.3) is 0 Å². The number of fused-ring (bicyclic) bond motifs is 1. The van der Waals surface area contributed by atoms with E-state index >= 15 is 0 Å². The van der Waals surface area contributed by atoms with Crippen LogP contribution in [0.25, 0.3) is 10.8 Å². The Hall–Kier alpha value is -2.20. The Labute approximate surface area is 136 Å². The van der Waals surface area contributed by atoms with E-state index in [9.17, 15) is 14.7 Å². The average molecular weight is 313 g/mol. The van der Waals surface area contributed by atoms with Crippen LogP contribution < -0.4 is 5.32 Å². The van der Waals surface area contributed by atoms with E-state index in [1.54, 1.807) is 6.07 Å². The van der Waals surface area contributed by atoms with Crippen molar-refractivity contribution in [2.24, 2.45) is 0 Å². The summed E-state index contributed by atoms with van der Waals surface area (Å²) in [6.07, 6.45) is 1.84. The van der Waals surface area contributed by atoms with Crippen LogP contribution in [-0.4, -0.2) is 29.4 Å². The summed E-state index contributed by atoms with van der Waals surface area (Å²) in [6, 6.07) is 13.1. The molecule has 1 unspecified atom stereocenters. The van der Waals surface area contributed by atoms with E-state index in [0.29, 0.717) is 12.0 Å². The quantitative estimate of drug-likeness (QED) is 0.581. The third kappa shape index (κ3) is 4.89. The molecule has 23 heavy (non-hydrogen) atoms. The van der Waals surface area contributed by atoms with Crippen molar-refractivity contribution in [1.82, 2.24) is 5.32 Å². The monoisotopic (exact) mass is 313 g/mol. The predicted molar refractivity (Wildman–Crippen MR) is 91.4 cm³/mol. The molecule has 0 saturated heterocycles. The highest BCUT2D eigenvalue weighted by molar-refractivity contribution is 6.14. The van der Waals surface area contributed by atoms with Gasteiger partial charge in [-0.05, 0) is 17.2 Å². The Balaban J connectivity index is 1.94. The molecule has 2 aromatic carbocycles. The first kappa shape index (κ1) is 17.2. The number of nitrogens with one attached hydrogen (secondary N) is 1. The van der Waals surface area contributed by atoms with Crippen LogP contribution in [0.5, 0.6) is 0 Å². The van der Waals surface area contributed by atoms with Gasteiger partial charge in [-0.2, -0.15) is 0 Å². The summed E-state index contributed by atoms with van der Waals surface area (Å²) in [5, 5.41) is 14.2. The average Bonchev–Trinajstić information content (AvgIpc) is 2.57. The van der Waals surface area contributed by atoms with Crippen LogP contribution in [0.4, 0.5) is 0 Å². The number of aliphatic hydroxyl groups excluding tert-OH is 1. The molecule has 2 aromatic rings. The van der Waals surface area contributed by atoms with E-state index in [0.717, 1.165) is 23.6 Å². The number of aliphatic hydroxyl groups is 1. The highest BCUT2D eigenvalue weighted by Crippen LogP contribution is 2.19. The van der Waals surface area contributed by atoms with Gasteiger partial charge in [0.05, 0.1) is 12.5 Å². The number of amides is 1. The molecular weight excluding hydrogens is 290 g/mol. The van der Waals surface area contributed by atoms with Crippen molar-refractivity contribution in [3.63, 3.8) is 0 Å². The standard InChI is InChI=1S/C19H23NO3/c1-2-3-9-15(21)13-20-19(23)12-18(22)17-11-6-8-14-7-4-5-10-16(14)17/h4-8,10-11,15,21H,2-3,9,12-13H2,1H3,(H,20,23). The SMILES string of the molecule is CCCCC(O)CNC(=O)CC(=O)c1cccc2ccccc12. The zero-order valence-electron chi connectivity index (χ0n) is 13.4. The zero-order valence-corrected chi connectivity index (χ0v) is 13.4. The maximum Gasteiger partial charge on any atom is 0.227 e. The molecule has 122 valence electrons. The highest BCUT2D eigenvalue weighted by Gasteiger charge is 2.15. The summed E-state index contributed by atoms with van der Waals surface area (Å²) in [7, 11) is 0. The predicted octanol–water partition coefficient (Wildman–Crippen LogP) is 3.08. The van der Waals surface area contributed by atoms with E-state index in [-0.39, 0.29) is 24.7 Å². The van der Waals surface area contributed by atoms with Gasteiger partial charge < -0.3 is 10.4 Å². The maximum absolute atomic E-state index is 12.4. The second-order valence-corrected chi connectivity index (χ2v) is 5.73. The Bertz CT molecular complexity index is 676. The summed E-state index contributed by atoms with van der Waals surface area (Å²) in [5.74, 6) is -0.555. The fourth-order valence-corrected chi connectivity index (χ4v) is 2.55. The van der Waals surface area contributed by atoms with Gasteiger partial charge in [-0.25, -0.2) is 0 Å². The normalized spacial score (nSPS) is 12.1. The molecule has 0 fully saturated rings. The number of rotatable bonds is 8. The Morgan fingerprint density at radius 1 is 1.13 bits per heavy atom. The van der Waals surface area contributed by atoms with E-state index in [2.05, 4.69) is 5.32 Å². The molecule has 0 radical (unpaired) electrons. The molecule has 4 nitrogen and oxygen atoms in total. The Morgan fingerprint density at radius 3 is 2.65 bits per heavy atom. The lowest BCUT2D eigenvalue weighted by Gasteiger charge is -2.11. The van der Waals surface area contributed by atoms with Gasteiger partial charge in [0.1, 0.15) is 0 Å². The van der Waals surface area contributed by atoms with Crippen molar-refractivity contribution in [2.75, 3.05) is 6.54 Å². The third-order valence-electron chi connectivity index (χ3n) is 3.84. The Morgan fingerprint density at radius 2 is 1.87 bits per heavy atom. The largest absolute Gasteiger partial charge is 0.391 e. The van der Waals surface area contributed by atoms with Gasteiger partial charge in [-0.15, -0.1) is 0 Å². The molecule has 0 bridgehead atoms. The maximum atomic E-state index is 12.4. The molecule has 0 aliphatic carbocycles. The molecule has 2 rings (SSSR count). The van der Waals surface area contributed by atoms with Gasteiger partial charge in [-0.3, -0.25) is 9.59 Å². The molecular formula is C19H23NO3. The lowest BCUT2D eigenvalue weighted by molar-refractivity contribution is -0.120. The van der Waals surface area contributed by atoms with Crippen molar-refractivity contribution >= 4 is 22.5 Å². The number of Topliss-reactive ketones (excluding diaryl/α,β-unsaturated/α-hetero) is 1. The number of unbranched alkanes of at least 4 members (excludes halogenated alkanes) is 1. The van der Waals surface area contributed by atoms with Crippen molar-refractivity contribution in [3.05, 3.63) is 48.0 Å². The van der Waals surface area contributed by atoms with Crippen LogP contribution in [0.1, 0.15) is 43.0 Å². The van der Waals surface area contributed by atoms with Crippen LogP contribution in [0, 0.1) is 0 Å². The fraction of sp³-hybridized carbons (Fsp3) is 0.368. The van der Waals surface area contributed by atoms with Crippen LogP contribution in [-0.2, 0) is 4.79 Å². The third-order valence-corrected chi connectivity index (χ3v) is 3.84. The molecule has 1 atom stereocenters. The second kappa shape index (κ2) is 8.44.